The first-order chi connectivity index (χ1) is 7.35. The zero-order valence-electron chi connectivity index (χ0n) is 8.43. The van der Waals surface area contributed by atoms with Crippen LogP contribution in [0.3, 0.4) is 0 Å². The van der Waals surface area contributed by atoms with Crippen molar-refractivity contribution in [2.45, 2.75) is 0 Å². The Morgan fingerprint density at radius 3 is 2.40 bits per heavy atom. The predicted molar refractivity (Wildman–Crippen MR) is 64.1 cm³/mol. The second kappa shape index (κ2) is 3.96. The molecule has 0 fully saturated rings. The van der Waals surface area contributed by atoms with Gasteiger partial charge in [-0.2, -0.15) is 0 Å². The lowest BCUT2D eigenvalue weighted by atomic mass is 10.2. The molecule has 0 amide bonds. The van der Waals surface area contributed by atoms with Gasteiger partial charge in [0.25, 0.3) is 0 Å². The highest BCUT2D eigenvalue weighted by atomic mass is 15.0. The third-order valence-corrected chi connectivity index (χ3v) is 2.21. The van der Waals surface area contributed by atoms with Gasteiger partial charge in [0.2, 0.25) is 0 Å². The van der Waals surface area contributed by atoms with Crippen LogP contribution >= 0.6 is 0 Å². The third-order valence-electron chi connectivity index (χ3n) is 2.21. The van der Waals surface area contributed by atoms with Crippen molar-refractivity contribution < 1.29 is 0 Å². The maximum Gasteiger partial charge on any atom is 0.136 e. The molecule has 1 aromatic heterocycles. The molecule has 2 rings (SSSR count). The van der Waals surface area contributed by atoms with Crippen molar-refractivity contribution in [3.8, 4) is 11.3 Å². The van der Waals surface area contributed by atoms with Crippen LogP contribution in [0, 0.1) is 0 Å². The van der Waals surface area contributed by atoms with Crippen LogP contribution in [0.25, 0.3) is 23.5 Å². The summed E-state index contributed by atoms with van der Waals surface area (Å²) in [4.78, 5) is 4.44. The van der Waals surface area contributed by atoms with Crippen molar-refractivity contribution >= 4 is 12.3 Å². The Morgan fingerprint density at radius 2 is 1.87 bits per heavy atom. The number of aromatic nitrogens is 2. The minimum absolute atomic E-state index is 0.809. The summed E-state index contributed by atoms with van der Waals surface area (Å²) in [6.45, 7) is 7.44. The Kier molecular flexibility index (Phi) is 2.50. The van der Waals surface area contributed by atoms with E-state index in [1.54, 1.807) is 12.3 Å². The lowest BCUT2D eigenvalue weighted by molar-refractivity contribution is 1.11. The number of hydrogen-bond acceptors (Lipinski definition) is 1. The van der Waals surface area contributed by atoms with Crippen molar-refractivity contribution in [1.29, 1.82) is 0 Å². The average molecular weight is 196 g/mol. The van der Waals surface area contributed by atoms with Crippen LogP contribution in [-0.4, -0.2) is 9.55 Å². The van der Waals surface area contributed by atoms with E-state index in [2.05, 4.69) is 18.1 Å². The normalized spacial score (nSPS) is 9.87. The highest BCUT2D eigenvalue weighted by Gasteiger charge is 2.04. The lowest BCUT2D eigenvalue weighted by Gasteiger charge is -1.93. The highest BCUT2D eigenvalue weighted by molar-refractivity contribution is 5.61. The molecule has 0 radical (unpaired) electrons. The largest absolute Gasteiger partial charge is 0.307 e. The number of rotatable bonds is 3. The monoisotopic (exact) mass is 196 g/mol. The molecule has 2 aromatic rings. The molecule has 0 saturated heterocycles. The summed E-state index contributed by atoms with van der Waals surface area (Å²) in [5.74, 6) is 0.809. The van der Waals surface area contributed by atoms with Crippen LogP contribution < -0.4 is 0 Å². The molecule has 0 aliphatic rings. The molecule has 0 unspecified atom stereocenters. The Bertz CT molecular complexity index is 455. The second-order valence-electron chi connectivity index (χ2n) is 3.14. The van der Waals surface area contributed by atoms with Gasteiger partial charge >= 0.3 is 0 Å². The summed E-state index contributed by atoms with van der Waals surface area (Å²) in [7, 11) is 0. The first-order valence-electron chi connectivity index (χ1n) is 4.74. The van der Waals surface area contributed by atoms with Crippen molar-refractivity contribution in [1.82, 2.24) is 9.55 Å². The summed E-state index contributed by atoms with van der Waals surface area (Å²) >= 11 is 0. The minimum Gasteiger partial charge on any atom is -0.307 e. The topological polar surface area (TPSA) is 17.8 Å². The van der Waals surface area contributed by atoms with E-state index in [-0.39, 0.29) is 0 Å². The van der Waals surface area contributed by atoms with Crippen molar-refractivity contribution in [3.05, 3.63) is 55.5 Å². The fraction of sp³-hybridized carbons (Fsp3) is 0. The lowest BCUT2D eigenvalue weighted by Crippen LogP contribution is -1.85. The van der Waals surface area contributed by atoms with Gasteiger partial charge in [-0.1, -0.05) is 43.5 Å². The summed E-state index contributed by atoms with van der Waals surface area (Å²) in [6, 6.07) is 10.0. The molecule has 0 atom stereocenters. The van der Waals surface area contributed by atoms with E-state index < -0.39 is 0 Å². The van der Waals surface area contributed by atoms with Gasteiger partial charge in [-0.25, -0.2) is 4.98 Å². The predicted octanol–water partition coefficient (Wildman–Crippen LogP) is 3.29. The summed E-state index contributed by atoms with van der Waals surface area (Å²) < 4.78 is 1.86. The van der Waals surface area contributed by atoms with Gasteiger partial charge in [0.15, 0.2) is 0 Å². The van der Waals surface area contributed by atoms with E-state index in [4.69, 9.17) is 0 Å². The third kappa shape index (κ3) is 1.74. The van der Waals surface area contributed by atoms with Crippen molar-refractivity contribution in [3.63, 3.8) is 0 Å². The number of nitrogens with zero attached hydrogens (tertiary/aromatic N) is 2. The fourth-order valence-electron chi connectivity index (χ4n) is 1.45. The molecule has 0 spiro atoms. The van der Waals surface area contributed by atoms with E-state index >= 15 is 0 Å². The second-order valence-corrected chi connectivity index (χ2v) is 3.14. The van der Waals surface area contributed by atoms with E-state index in [0.717, 1.165) is 17.1 Å². The molecule has 0 aliphatic heterocycles. The van der Waals surface area contributed by atoms with Crippen LogP contribution in [0.1, 0.15) is 5.82 Å². The standard InChI is InChI=1S/C13H12N2/c1-3-13-14-12(10-15(13)4-2)11-8-6-5-7-9-11/h3-10H,1-2H2. The smallest absolute Gasteiger partial charge is 0.136 e. The van der Waals surface area contributed by atoms with Crippen molar-refractivity contribution in [2.75, 3.05) is 0 Å². The molecule has 15 heavy (non-hydrogen) atoms. The summed E-state index contributed by atoms with van der Waals surface area (Å²) in [5, 5.41) is 0. The van der Waals surface area contributed by atoms with E-state index in [0.29, 0.717) is 0 Å². The number of hydrogen-bond donors (Lipinski definition) is 0. The van der Waals surface area contributed by atoms with Gasteiger partial charge in [0, 0.05) is 18.0 Å². The maximum atomic E-state index is 4.44. The zero-order valence-corrected chi connectivity index (χ0v) is 8.43. The Labute approximate surface area is 89.2 Å². The van der Waals surface area contributed by atoms with E-state index in [1.165, 1.54) is 0 Å². The summed E-state index contributed by atoms with van der Waals surface area (Å²) in [5.41, 5.74) is 2.03. The quantitative estimate of drug-likeness (QED) is 0.736. The number of benzene rings is 1. The van der Waals surface area contributed by atoms with Gasteiger partial charge in [0.05, 0.1) is 5.69 Å². The molecular weight excluding hydrogens is 184 g/mol. The van der Waals surface area contributed by atoms with Crippen LogP contribution in [0.4, 0.5) is 0 Å². The number of imidazole rings is 1. The Balaban J connectivity index is 2.51. The zero-order chi connectivity index (χ0) is 10.7. The fourth-order valence-corrected chi connectivity index (χ4v) is 1.45. The van der Waals surface area contributed by atoms with Gasteiger partial charge in [-0.05, 0) is 6.08 Å². The molecule has 1 heterocycles. The van der Waals surface area contributed by atoms with Crippen LogP contribution in [0.2, 0.25) is 0 Å². The van der Waals surface area contributed by atoms with Crippen LogP contribution in [0.15, 0.2) is 49.7 Å². The van der Waals surface area contributed by atoms with E-state index in [9.17, 15) is 0 Å². The van der Waals surface area contributed by atoms with Gasteiger partial charge in [-0.3, -0.25) is 0 Å². The Morgan fingerprint density at radius 1 is 1.13 bits per heavy atom. The first-order valence-corrected chi connectivity index (χ1v) is 4.74. The van der Waals surface area contributed by atoms with Gasteiger partial charge in [0.1, 0.15) is 5.82 Å². The maximum absolute atomic E-state index is 4.44. The molecule has 2 heteroatoms. The minimum atomic E-state index is 0.809. The Hall–Kier alpha value is -2.09. The SMILES string of the molecule is C=Cc1nc(-c2ccccc2)cn1C=C. The molecule has 0 N–H and O–H groups in total. The van der Waals surface area contributed by atoms with Crippen molar-refractivity contribution in [2.24, 2.45) is 0 Å². The van der Waals surface area contributed by atoms with Crippen LogP contribution in [0.5, 0.6) is 0 Å². The molecule has 1 aromatic carbocycles. The van der Waals surface area contributed by atoms with E-state index in [1.807, 2.05) is 41.1 Å². The van der Waals surface area contributed by atoms with Gasteiger partial charge < -0.3 is 4.57 Å². The average Bonchev–Trinajstić information content (AvgIpc) is 2.73. The van der Waals surface area contributed by atoms with Crippen LogP contribution in [-0.2, 0) is 0 Å². The molecule has 0 saturated carbocycles. The molecule has 0 aliphatic carbocycles. The molecule has 2 nitrogen and oxygen atoms in total. The summed E-state index contributed by atoms with van der Waals surface area (Å²) in [6.07, 6.45) is 5.38. The molecular formula is C13H12N2. The molecule has 0 bridgehead atoms. The first kappa shape index (κ1) is 9.46. The highest BCUT2D eigenvalue weighted by Crippen LogP contribution is 2.18. The molecule has 74 valence electrons. The van der Waals surface area contributed by atoms with Gasteiger partial charge in [-0.15, -0.1) is 0 Å².